The minimum atomic E-state index is -0.409. The molecule has 1 aromatic rings. The number of furan rings is 1. The van der Waals surface area contributed by atoms with Crippen LogP contribution < -0.4 is 0 Å². The molecule has 2 aliphatic heterocycles. The fourth-order valence-electron chi connectivity index (χ4n) is 2.66. The molecule has 1 aromatic heterocycles. The van der Waals surface area contributed by atoms with Crippen molar-refractivity contribution in [2.45, 2.75) is 25.8 Å². The van der Waals surface area contributed by atoms with E-state index in [-0.39, 0.29) is 11.7 Å². The quantitative estimate of drug-likeness (QED) is 0.630. The second kappa shape index (κ2) is 6.32. The molecule has 2 saturated heterocycles. The first-order valence-corrected chi connectivity index (χ1v) is 9.07. The van der Waals surface area contributed by atoms with Crippen LogP contribution in [0.2, 0.25) is 0 Å². The number of carbonyl (C=O) groups excluding carboxylic acids is 2. The molecular weight excluding hydrogens is 306 g/mol. The van der Waals surface area contributed by atoms with Crippen LogP contribution in [0.15, 0.2) is 32.6 Å². The van der Waals surface area contributed by atoms with E-state index in [4.69, 9.17) is 4.42 Å². The average Bonchev–Trinajstić information content (AvgIpc) is 3.18. The van der Waals surface area contributed by atoms with Gasteiger partial charge in [0.15, 0.2) is 5.78 Å². The van der Waals surface area contributed by atoms with Crippen molar-refractivity contribution in [3.8, 4) is 0 Å². The van der Waals surface area contributed by atoms with E-state index < -0.39 is 6.04 Å². The number of hydrogen-bond donors (Lipinski definition) is 0. The van der Waals surface area contributed by atoms with Crippen molar-refractivity contribution < 1.29 is 14.0 Å². The van der Waals surface area contributed by atoms with Gasteiger partial charge in [0, 0.05) is 24.5 Å². The summed E-state index contributed by atoms with van der Waals surface area (Å²) < 4.78 is 6.26. The molecule has 2 fully saturated rings. The van der Waals surface area contributed by atoms with E-state index in [1.807, 2.05) is 19.1 Å². The van der Waals surface area contributed by atoms with Crippen molar-refractivity contribution in [1.29, 1.82) is 0 Å². The fraction of sp³-hybridized carbons (Fsp3) is 0.467. The smallest absolute Gasteiger partial charge is 0.259 e. The highest BCUT2D eigenvalue weighted by molar-refractivity contribution is 8.25. The zero-order chi connectivity index (χ0) is 14.8. The zero-order valence-electron chi connectivity index (χ0n) is 11.8. The van der Waals surface area contributed by atoms with Crippen LogP contribution in [0.4, 0.5) is 0 Å². The van der Waals surface area contributed by atoms with Gasteiger partial charge in [-0.2, -0.15) is 0 Å². The Morgan fingerprint density at radius 3 is 2.71 bits per heavy atom. The first-order chi connectivity index (χ1) is 10.2. The van der Waals surface area contributed by atoms with Gasteiger partial charge in [-0.3, -0.25) is 9.59 Å². The highest BCUT2D eigenvalue weighted by atomic mass is 32.2. The number of rotatable bonds is 4. The minimum Gasteiger partial charge on any atom is -0.469 e. The van der Waals surface area contributed by atoms with Crippen LogP contribution in [0.1, 0.15) is 19.1 Å². The van der Waals surface area contributed by atoms with Gasteiger partial charge in [0.2, 0.25) is 0 Å². The summed E-state index contributed by atoms with van der Waals surface area (Å²) in [5.41, 5.74) is 0.410. The minimum absolute atomic E-state index is 0.0400. The number of ketones is 1. The molecule has 0 N–H and O–H groups in total. The van der Waals surface area contributed by atoms with Gasteiger partial charge in [0.25, 0.3) is 5.91 Å². The molecule has 112 valence electrons. The molecule has 0 saturated carbocycles. The Hall–Kier alpha value is -1.14. The summed E-state index contributed by atoms with van der Waals surface area (Å²) in [7, 11) is 0. The third-order valence-electron chi connectivity index (χ3n) is 3.59. The van der Waals surface area contributed by atoms with Crippen molar-refractivity contribution in [3.05, 3.63) is 34.0 Å². The molecule has 1 amide bonds. The number of Topliss-reactive ketones (excluding diaryl/α,β-unsaturated/α-hetero) is 1. The predicted octanol–water partition coefficient (Wildman–Crippen LogP) is 2.70. The maximum atomic E-state index is 12.7. The number of amides is 1. The summed E-state index contributed by atoms with van der Waals surface area (Å²) in [4.78, 5) is 27.1. The number of nitrogens with zero attached hydrogens (tertiary/aromatic N) is 1. The summed E-state index contributed by atoms with van der Waals surface area (Å²) in [6.45, 7) is 2.63. The zero-order valence-corrected chi connectivity index (χ0v) is 13.5. The highest BCUT2D eigenvalue weighted by Crippen LogP contribution is 2.42. The summed E-state index contributed by atoms with van der Waals surface area (Å²) in [6, 6.07) is 3.25. The standard InChI is InChI=1S/C15H17NO3S2/c1-2-5-16-11(9-10-4-3-6-19-10)13(17)12(14(16)18)15-20-7-8-21-15/h3-4,6,11H,2,5,7-9H2,1H3/t11-/m0/s1. The van der Waals surface area contributed by atoms with Crippen LogP contribution >= 0.6 is 23.5 Å². The summed E-state index contributed by atoms with van der Waals surface area (Å²) >= 11 is 3.26. The molecule has 0 unspecified atom stereocenters. The largest absolute Gasteiger partial charge is 0.469 e. The molecule has 0 aromatic carbocycles. The van der Waals surface area contributed by atoms with E-state index in [9.17, 15) is 9.59 Å². The monoisotopic (exact) mass is 323 g/mol. The lowest BCUT2D eigenvalue weighted by Gasteiger charge is -2.21. The lowest BCUT2D eigenvalue weighted by molar-refractivity contribution is -0.127. The molecule has 6 heteroatoms. The SMILES string of the molecule is CCCN1C(=O)C(=C2SCCS2)C(=O)[C@@H]1Cc1ccco1. The van der Waals surface area contributed by atoms with Gasteiger partial charge < -0.3 is 9.32 Å². The van der Waals surface area contributed by atoms with E-state index in [0.29, 0.717) is 18.5 Å². The van der Waals surface area contributed by atoms with Crippen molar-refractivity contribution >= 4 is 35.2 Å². The van der Waals surface area contributed by atoms with Gasteiger partial charge >= 0.3 is 0 Å². The topological polar surface area (TPSA) is 50.5 Å². The number of hydrogen-bond acceptors (Lipinski definition) is 5. The van der Waals surface area contributed by atoms with Crippen molar-refractivity contribution in [2.75, 3.05) is 18.1 Å². The maximum absolute atomic E-state index is 12.7. The van der Waals surface area contributed by atoms with Crippen molar-refractivity contribution in [3.63, 3.8) is 0 Å². The van der Waals surface area contributed by atoms with Gasteiger partial charge in [-0.1, -0.05) is 6.92 Å². The highest BCUT2D eigenvalue weighted by Gasteiger charge is 2.45. The van der Waals surface area contributed by atoms with Crippen LogP contribution in [-0.4, -0.2) is 40.7 Å². The summed E-state index contributed by atoms with van der Waals surface area (Å²) in [6.07, 6.45) is 2.91. The Bertz CT molecular complexity index is 572. The molecule has 2 aliphatic rings. The molecule has 3 heterocycles. The van der Waals surface area contributed by atoms with Gasteiger partial charge in [-0.15, -0.1) is 23.5 Å². The van der Waals surface area contributed by atoms with E-state index in [2.05, 4.69) is 0 Å². The van der Waals surface area contributed by atoms with E-state index in [0.717, 1.165) is 27.9 Å². The van der Waals surface area contributed by atoms with E-state index in [1.165, 1.54) is 0 Å². The fourth-order valence-corrected chi connectivity index (χ4v) is 5.20. The van der Waals surface area contributed by atoms with Gasteiger partial charge in [-0.05, 0) is 18.6 Å². The van der Waals surface area contributed by atoms with Crippen LogP contribution in [0.5, 0.6) is 0 Å². The van der Waals surface area contributed by atoms with E-state index in [1.54, 1.807) is 34.7 Å². The van der Waals surface area contributed by atoms with Crippen LogP contribution in [0.3, 0.4) is 0 Å². The molecule has 0 radical (unpaired) electrons. The first-order valence-electron chi connectivity index (χ1n) is 7.09. The second-order valence-electron chi connectivity index (χ2n) is 5.02. The second-order valence-corrected chi connectivity index (χ2v) is 7.49. The van der Waals surface area contributed by atoms with Crippen LogP contribution in [0, 0.1) is 0 Å². The Morgan fingerprint density at radius 2 is 2.10 bits per heavy atom. The van der Waals surface area contributed by atoms with Crippen LogP contribution in [0.25, 0.3) is 0 Å². The molecule has 21 heavy (non-hydrogen) atoms. The van der Waals surface area contributed by atoms with Gasteiger partial charge in [0.1, 0.15) is 17.4 Å². The lowest BCUT2D eigenvalue weighted by Crippen LogP contribution is -2.37. The Labute approximate surface area is 132 Å². The van der Waals surface area contributed by atoms with Crippen molar-refractivity contribution in [2.24, 2.45) is 0 Å². The van der Waals surface area contributed by atoms with Gasteiger partial charge in [-0.25, -0.2) is 0 Å². The Kier molecular flexibility index (Phi) is 4.45. The predicted molar refractivity (Wildman–Crippen MR) is 85.2 cm³/mol. The lowest BCUT2D eigenvalue weighted by atomic mass is 10.1. The molecule has 3 rings (SSSR count). The molecule has 0 bridgehead atoms. The molecule has 4 nitrogen and oxygen atoms in total. The third kappa shape index (κ3) is 2.79. The van der Waals surface area contributed by atoms with Gasteiger partial charge in [0.05, 0.1) is 10.5 Å². The average molecular weight is 323 g/mol. The third-order valence-corrected chi connectivity index (χ3v) is 6.31. The Balaban J connectivity index is 1.91. The van der Waals surface area contributed by atoms with E-state index >= 15 is 0 Å². The molecule has 0 aliphatic carbocycles. The summed E-state index contributed by atoms with van der Waals surface area (Å²) in [5, 5.41) is 0. The number of likely N-dealkylation sites (tertiary alicyclic amines) is 1. The Morgan fingerprint density at radius 1 is 1.33 bits per heavy atom. The van der Waals surface area contributed by atoms with Crippen LogP contribution in [-0.2, 0) is 16.0 Å². The first kappa shape index (κ1) is 14.8. The number of thioether (sulfide) groups is 2. The molecule has 0 spiro atoms. The summed E-state index contributed by atoms with van der Waals surface area (Å²) in [5.74, 6) is 2.55. The normalized spacial score (nSPS) is 22.7. The molecular formula is C15H17NO3S2. The maximum Gasteiger partial charge on any atom is 0.259 e. The van der Waals surface area contributed by atoms with Crippen molar-refractivity contribution in [1.82, 2.24) is 4.90 Å². The number of carbonyl (C=O) groups is 2. The molecule has 1 atom stereocenters.